The van der Waals surface area contributed by atoms with Crippen molar-refractivity contribution in [2.45, 2.75) is 50.5 Å². The number of nitrogens with two attached hydrogens (primary N) is 1. The van der Waals surface area contributed by atoms with Gasteiger partial charge in [-0.3, -0.25) is 4.79 Å². The molecule has 0 aromatic heterocycles. The standard InChI is InChI=1S/C26H32FN3O/c27-22-7-1-18(2-8-22)9-13-29-14-11-23(12-15-29)30-16-10-19-3-6-21(17-24(19)30)25(26(28)31)20-4-5-20/h1-3,6-8,17,20,23,25H,4-5,9-16H2,(H2,28,31). The van der Waals surface area contributed by atoms with Gasteiger partial charge in [0.25, 0.3) is 0 Å². The molecule has 2 aromatic rings. The number of piperidine rings is 1. The van der Waals surface area contributed by atoms with Gasteiger partial charge in [-0.25, -0.2) is 4.39 Å². The lowest BCUT2D eigenvalue weighted by Gasteiger charge is -2.38. The van der Waals surface area contributed by atoms with Crippen LogP contribution in [0.25, 0.3) is 0 Å². The monoisotopic (exact) mass is 421 g/mol. The fourth-order valence-electron chi connectivity index (χ4n) is 5.48. The Balaban J connectivity index is 1.20. The Labute approximate surface area is 184 Å². The Morgan fingerprint density at radius 3 is 2.45 bits per heavy atom. The summed E-state index contributed by atoms with van der Waals surface area (Å²) < 4.78 is 13.1. The first-order valence-electron chi connectivity index (χ1n) is 11.7. The van der Waals surface area contributed by atoms with E-state index in [1.54, 1.807) is 12.1 Å². The predicted molar refractivity (Wildman–Crippen MR) is 122 cm³/mol. The molecule has 0 spiro atoms. The number of carbonyl (C=O) groups is 1. The number of primary amides is 1. The first-order valence-corrected chi connectivity index (χ1v) is 11.7. The maximum absolute atomic E-state index is 13.1. The smallest absolute Gasteiger partial charge is 0.225 e. The third kappa shape index (κ3) is 4.47. The van der Waals surface area contributed by atoms with Crippen molar-refractivity contribution in [3.8, 4) is 0 Å². The number of likely N-dealkylation sites (tertiary alicyclic amines) is 1. The van der Waals surface area contributed by atoms with Crippen molar-refractivity contribution in [3.05, 3.63) is 65.0 Å². The van der Waals surface area contributed by atoms with Crippen LogP contribution < -0.4 is 10.6 Å². The van der Waals surface area contributed by atoms with Crippen molar-refractivity contribution >= 4 is 11.6 Å². The van der Waals surface area contributed by atoms with Gasteiger partial charge in [0.1, 0.15) is 5.82 Å². The Hall–Kier alpha value is -2.40. The van der Waals surface area contributed by atoms with Crippen LogP contribution in [0, 0.1) is 11.7 Å². The number of amides is 1. The molecule has 0 radical (unpaired) electrons. The molecule has 5 heteroatoms. The number of fused-ring (bicyclic) bond motifs is 1. The van der Waals surface area contributed by atoms with Crippen LogP contribution in [-0.4, -0.2) is 43.0 Å². The van der Waals surface area contributed by atoms with Crippen LogP contribution in [0.2, 0.25) is 0 Å². The number of anilines is 1. The van der Waals surface area contributed by atoms with Gasteiger partial charge in [-0.1, -0.05) is 24.3 Å². The maximum atomic E-state index is 13.1. The molecular formula is C26H32FN3O. The Bertz CT molecular complexity index is 932. The summed E-state index contributed by atoms with van der Waals surface area (Å²) in [6.07, 6.45) is 6.61. The van der Waals surface area contributed by atoms with E-state index in [1.807, 2.05) is 12.1 Å². The number of hydrogen-bond donors (Lipinski definition) is 1. The van der Waals surface area contributed by atoms with Gasteiger partial charge in [-0.05, 0) is 79.3 Å². The highest BCUT2D eigenvalue weighted by atomic mass is 19.1. The number of benzene rings is 2. The van der Waals surface area contributed by atoms with Crippen LogP contribution in [-0.2, 0) is 17.6 Å². The third-order valence-corrected chi connectivity index (χ3v) is 7.43. The lowest BCUT2D eigenvalue weighted by atomic mass is 9.92. The molecule has 2 aliphatic heterocycles. The van der Waals surface area contributed by atoms with E-state index in [0.717, 1.165) is 70.3 Å². The van der Waals surface area contributed by atoms with E-state index in [0.29, 0.717) is 12.0 Å². The van der Waals surface area contributed by atoms with E-state index in [1.165, 1.54) is 16.8 Å². The van der Waals surface area contributed by atoms with Gasteiger partial charge in [0.2, 0.25) is 5.91 Å². The minimum atomic E-state index is -0.179. The van der Waals surface area contributed by atoms with Crippen molar-refractivity contribution in [3.63, 3.8) is 0 Å². The first-order chi connectivity index (χ1) is 15.1. The topological polar surface area (TPSA) is 49.6 Å². The Kier molecular flexibility index (Phi) is 5.70. The van der Waals surface area contributed by atoms with Crippen molar-refractivity contribution in [1.29, 1.82) is 0 Å². The van der Waals surface area contributed by atoms with E-state index in [4.69, 9.17) is 5.73 Å². The first kappa shape index (κ1) is 20.5. The van der Waals surface area contributed by atoms with Gasteiger partial charge in [-0.15, -0.1) is 0 Å². The number of hydrogen-bond acceptors (Lipinski definition) is 3. The van der Waals surface area contributed by atoms with Gasteiger partial charge in [0.15, 0.2) is 0 Å². The van der Waals surface area contributed by atoms with Crippen LogP contribution in [0.15, 0.2) is 42.5 Å². The summed E-state index contributed by atoms with van der Waals surface area (Å²) in [7, 11) is 0. The van der Waals surface area contributed by atoms with Crippen molar-refractivity contribution in [2.24, 2.45) is 11.7 Å². The number of halogens is 1. The van der Waals surface area contributed by atoms with Crippen molar-refractivity contribution in [1.82, 2.24) is 4.90 Å². The van der Waals surface area contributed by atoms with Gasteiger partial charge in [0.05, 0.1) is 5.92 Å². The molecule has 1 saturated carbocycles. The highest BCUT2D eigenvalue weighted by molar-refractivity contribution is 5.83. The minimum Gasteiger partial charge on any atom is -0.369 e. The van der Waals surface area contributed by atoms with Gasteiger partial charge >= 0.3 is 0 Å². The summed E-state index contributed by atoms with van der Waals surface area (Å²) in [6, 6.07) is 14.1. The van der Waals surface area contributed by atoms with Gasteiger partial charge < -0.3 is 15.5 Å². The van der Waals surface area contributed by atoms with E-state index in [-0.39, 0.29) is 17.6 Å². The summed E-state index contributed by atoms with van der Waals surface area (Å²) in [6.45, 7) is 4.30. The molecule has 3 aliphatic rings. The molecule has 5 rings (SSSR count). The zero-order chi connectivity index (χ0) is 21.4. The zero-order valence-corrected chi connectivity index (χ0v) is 18.1. The number of carbonyl (C=O) groups excluding carboxylic acids is 1. The minimum absolute atomic E-state index is 0.124. The molecule has 1 unspecified atom stereocenters. The summed E-state index contributed by atoms with van der Waals surface area (Å²) in [5.41, 5.74) is 10.8. The molecular weight excluding hydrogens is 389 g/mol. The molecule has 2 heterocycles. The van der Waals surface area contributed by atoms with Crippen molar-refractivity contribution in [2.75, 3.05) is 31.1 Å². The number of rotatable bonds is 7. The molecule has 2 fully saturated rings. The van der Waals surface area contributed by atoms with E-state index < -0.39 is 0 Å². The van der Waals surface area contributed by atoms with Gasteiger partial charge in [-0.2, -0.15) is 0 Å². The summed E-state index contributed by atoms with van der Waals surface area (Å²) in [5.74, 6) is -0.0323. The molecule has 1 aliphatic carbocycles. The predicted octanol–water partition coefficient (Wildman–Crippen LogP) is 3.87. The summed E-state index contributed by atoms with van der Waals surface area (Å²) in [5, 5.41) is 0. The second kappa shape index (κ2) is 8.62. The highest BCUT2D eigenvalue weighted by Crippen LogP contribution is 2.44. The molecule has 2 aromatic carbocycles. The molecule has 4 nitrogen and oxygen atoms in total. The molecule has 1 atom stereocenters. The fraction of sp³-hybridized carbons (Fsp3) is 0.500. The molecule has 31 heavy (non-hydrogen) atoms. The van der Waals surface area contributed by atoms with Crippen molar-refractivity contribution < 1.29 is 9.18 Å². The quantitative estimate of drug-likeness (QED) is 0.738. The highest BCUT2D eigenvalue weighted by Gasteiger charge is 2.37. The van der Waals surface area contributed by atoms with Crippen LogP contribution >= 0.6 is 0 Å². The van der Waals surface area contributed by atoms with Crippen LogP contribution in [0.4, 0.5) is 10.1 Å². The lowest BCUT2D eigenvalue weighted by molar-refractivity contribution is -0.119. The Morgan fingerprint density at radius 1 is 1.03 bits per heavy atom. The largest absolute Gasteiger partial charge is 0.369 e. The average Bonchev–Trinajstić information content (AvgIpc) is 3.51. The second-order valence-corrected chi connectivity index (χ2v) is 9.50. The Morgan fingerprint density at radius 2 is 1.77 bits per heavy atom. The van der Waals surface area contributed by atoms with Crippen LogP contribution in [0.3, 0.4) is 0 Å². The maximum Gasteiger partial charge on any atom is 0.225 e. The normalized spacial score (nSPS) is 20.6. The summed E-state index contributed by atoms with van der Waals surface area (Å²) in [4.78, 5) is 17.2. The van der Waals surface area contributed by atoms with E-state index in [9.17, 15) is 9.18 Å². The third-order valence-electron chi connectivity index (χ3n) is 7.43. The average molecular weight is 422 g/mol. The lowest BCUT2D eigenvalue weighted by Crippen LogP contribution is -2.45. The molecule has 164 valence electrons. The SMILES string of the molecule is NC(=O)C(c1ccc2c(c1)N(C1CCN(CCc3ccc(F)cc3)CC1)CC2)C1CC1. The molecule has 0 bridgehead atoms. The van der Waals surface area contributed by atoms with Crippen LogP contribution in [0.1, 0.15) is 48.3 Å². The van der Waals surface area contributed by atoms with Crippen LogP contribution in [0.5, 0.6) is 0 Å². The fourth-order valence-corrected chi connectivity index (χ4v) is 5.48. The van der Waals surface area contributed by atoms with E-state index in [2.05, 4.69) is 28.0 Å². The van der Waals surface area contributed by atoms with E-state index >= 15 is 0 Å². The van der Waals surface area contributed by atoms with Gasteiger partial charge in [0, 0.05) is 37.9 Å². The second-order valence-electron chi connectivity index (χ2n) is 9.50. The number of nitrogens with zero attached hydrogens (tertiary/aromatic N) is 2. The molecule has 1 amide bonds. The molecule has 2 N–H and O–H groups in total. The summed E-state index contributed by atoms with van der Waals surface area (Å²) >= 11 is 0. The molecule has 1 saturated heterocycles. The zero-order valence-electron chi connectivity index (χ0n) is 18.1.